The zero-order chi connectivity index (χ0) is 9.52. The molecule has 1 fully saturated rings. The summed E-state index contributed by atoms with van der Waals surface area (Å²) in [7, 11) is 0. The number of hydrogen-bond acceptors (Lipinski definition) is 3. The second-order valence-corrected chi connectivity index (χ2v) is 3.36. The van der Waals surface area contributed by atoms with Crippen LogP contribution < -0.4 is 0 Å². The molecule has 1 aliphatic rings. The quantitative estimate of drug-likeness (QED) is 0.611. The van der Waals surface area contributed by atoms with E-state index in [9.17, 15) is 4.79 Å². The molecule has 0 spiro atoms. The van der Waals surface area contributed by atoms with E-state index in [1.807, 2.05) is 0 Å². The van der Waals surface area contributed by atoms with E-state index < -0.39 is 0 Å². The van der Waals surface area contributed by atoms with Crippen LogP contribution in [0.1, 0.15) is 32.6 Å². The van der Waals surface area contributed by atoms with Crippen LogP contribution in [0.4, 0.5) is 0 Å². The molecule has 0 radical (unpaired) electrons. The van der Waals surface area contributed by atoms with Gasteiger partial charge in [0.15, 0.2) is 5.78 Å². The number of ether oxygens (including phenoxy) is 2. The zero-order valence-corrected chi connectivity index (χ0v) is 8.25. The Morgan fingerprint density at radius 1 is 1.62 bits per heavy atom. The molecule has 3 heteroatoms. The Morgan fingerprint density at radius 2 is 2.46 bits per heavy atom. The van der Waals surface area contributed by atoms with Gasteiger partial charge in [-0.15, -0.1) is 0 Å². The first-order valence-electron chi connectivity index (χ1n) is 5.06. The topological polar surface area (TPSA) is 35.5 Å². The average Bonchev–Trinajstić information content (AvgIpc) is 2.15. The van der Waals surface area contributed by atoms with Gasteiger partial charge in [0.2, 0.25) is 0 Å². The molecular weight excluding hydrogens is 168 g/mol. The average molecular weight is 186 g/mol. The maximum Gasteiger partial charge on any atom is 0.164 e. The molecule has 0 aliphatic carbocycles. The van der Waals surface area contributed by atoms with Gasteiger partial charge in [0, 0.05) is 19.6 Å². The predicted octanol–water partition coefficient (Wildman–Crippen LogP) is 1.55. The molecule has 0 N–H and O–H groups in total. The lowest BCUT2D eigenvalue weighted by atomic mass is 10.1. The molecule has 0 aromatic heterocycles. The normalized spacial score (nSPS) is 23.5. The molecule has 1 aliphatic heterocycles. The van der Waals surface area contributed by atoms with Crippen LogP contribution in [0, 0.1) is 0 Å². The number of carbonyl (C=O) groups is 1. The second kappa shape index (κ2) is 6.11. The van der Waals surface area contributed by atoms with Gasteiger partial charge in [-0.05, 0) is 12.8 Å². The highest BCUT2D eigenvalue weighted by Crippen LogP contribution is 2.09. The van der Waals surface area contributed by atoms with Crippen molar-refractivity contribution in [3.63, 3.8) is 0 Å². The molecule has 0 bridgehead atoms. The molecule has 3 nitrogen and oxygen atoms in total. The van der Waals surface area contributed by atoms with Crippen LogP contribution >= 0.6 is 0 Å². The molecule has 76 valence electrons. The van der Waals surface area contributed by atoms with Crippen molar-refractivity contribution in [1.29, 1.82) is 0 Å². The first-order valence-corrected chi connectivity index (χ1v) is 5.06. The predicted molar refractivity (Wildman–Crippen MR) is 49.7 cm³/mol. The first-order chi connectivity index (χ1) is 6.34. The van der Waals surface area contributed by atoms with Crippen molar-refractivity contribution in [2.45, 2.75) is 38.7 Å². The van der Waals surface area contributed by atoms with Crippen LogP contribution in [0.3, 0.4) is 0 Å². The molecule has 0 saturated carbocycles. The van der Waals surface area contributed by atoms with E-state index in [1.165, 1.54) is 0 Å². The maximum atomic E-state index is 11.3. The van der Waals surface area contributed by atoms with Crippen molar-refractivity contribution in [1.82, 2.24) is 0 Å². The van der Waals surface area contributed by atoms with E-state index >= 15 is 0 Å². The summed E-state index contributed by atoms with van der Waals surface area (Å²) in [6.07, 6.45) is 3.41. The Kier molecular flexibility index (Phi) is 5.01. The molecule has 1 atom stereocenters. The zero-order valence-electron chi connectivity index (χ0n) is 8.25. The van der Waals surface area contributed by atoms with Gasteiger partial charge in [-0.25, -0.2) is 0 Å². The number of hydrogen-bond donors (Lipinski definition) is 0. The van der Waals surface area contributed by atoms with Gasteiger partial charge >= 0.3 is 0 Å². The SMILES string of the molecule is CCCCOCC1OCCCC1=O. The minimum atomic E-state index is -0.286. The molecule has 1 unspecified atom stereocenters. The lowest BCUT2D eigenvalue weighted by Crippen LogP contribution is -2.33. The van der Waals surface area contributed by atoms with Crippen LogP contribution in [-0.2, 0) is 14.3 Å². The number of ketones is 1. The summed E-state index contributed by atoms with van der Waals surface area (Å²) >= 11 is 0. The first kappa shape index (κ1) is 10.7. The fourth-order valence-electron chi connectivity index (χ4n) is 1.30. The van der Waals surface area contributed by atoms with E-state index in [1.54, 1.807) is 0 Å². The highest BCUT2D eigenvalue weighted by Gasteiger charge is 2.22. The number of unbranched alkanes of at least 4 members (excludes halogenated alkanes) is 1. The fraction of sp³-hybridized carbons (Fsp3) is 0.900. The van der Waals surface area contributed by atoms with E-state index in [0.29, 0.717) is 19.6 Å². The largest absolute Gasteiger partial charge is 0.378 e. The molecule has 0 aromatic carbocycles. The Labute approximate surface area is 79.4 Å². The van der Waals surface area contributed by atoms with Gasteiger partial charge in [-0.2, -0.15) is 0 Å². The highest BCUT2D eigenvalue weighted by molar-refractivity contribution is 5.83. The van der Waals surface area contributed by atoms with Crippen molar-refractivity contribution < 1.29 is 14.3 Å². The van der Waals surface area contributed by atoms with Crippen LogP contribution in [-0.4, -0.2) is 31.7 Å². The van der Waals surface area contributed by atoms with Crippen molar-refractivity contribution in [2.75, 3.05) is 19.8 Å². The third kappa shape index (κ3) is 3.87. The Balaban J connectivity index is 2.08. The second-order valence-electron chi connectivity index (χ2n) is 3.36. The van der Waals surface area contributed by atoms with E-state index in [4.69, 9.17) is 9.47 Å². The van der Waals surface area contributed by atoms with Gasteiger partial charge in [-0.1, -0.05) is 13.3 Å². The highest BCUT2D eigenvalue weighted by atomic mass is 16.5. The summed E-state index contributed by atoms with van der Waals surface area (Å²) in [5.74, 6) is 0.197. The summed E-state index contributed by atoms with van der Waals surface area (Å²) in [4.78, 5) is 11.3. The van der Waals surface area contributed by atoms with Crippen LogP contribution in [0.5, 0.6) is 0 Å². The van der Waals surface area contributed by atoms with Crippen molar-refractivity contribution >= 4 is 5.78 Å². The molecule has 13 heavy (non-hydrogen) atoms. The monoisotopic (exact) mass is 186 g/mol. The minimum absolute atomic E-state index is 0.197. The molecule has 0 amide bonds. The maximum absolute atomic E-state index is 11.3. The molecular formula is C10H18O3. The molecule has 0 aromatic rings. The third-order valence-electron chi connectivity index (χ3n) is 2.16. The minimum Gasteiger partial charge on any atom is -0.378 e. The molecule has 1 saturated heterocycles. The molecule has 1 rings (SSSR count). The summed E-state index contributed by atoms with van der Waals surface area (Å²) in [5.41, 5.74) is 0. The van der Waals surface area contributed by atoms with Gasteiger partial charge in [0.25, 0.3) is 0 Å². The lowest BCUT2D eigenvalue weighted by Gasteiger charge is -2.21. The number of carbonyl (C=O) groups excluding carboxylic acids is 1. The van der Waals surface area contributed by atoms with Gasteiger partial charge in [-0.3, -0.25) is 4.79 Å². The summed E-state index contributed by atoms with van der Waals surface area (Å²) in [6.45, 7) is 4.00. The summed E-state index contributed by atoms with van der Waals surface area (Å²) < 4.78 is 10.6. The Hall–Kier alpha value is -0.410. The van der Waals surface area contributed by atoms with Crippen molar-refractivity contribution in [3.8, 4) is 0 Å². The van der Waals surface area contributed by atoms with E-state index in [0.717, 1.165) is 25.9 Å². The Bertz CT molecular complexity index is 156. The van der Waals surface area contributed by atoms with Gasteiger partial charge in [0.1, 0.15) is 6.10 Å². The van der Waals surface area contributed by atoms with Crippen LogP contribution in [0.2, 0.25) is 0 Å². The van der Waals surface area contributed by atoms with Crippen molar-refractivity contribution in [3.05, 3.63) is 0 Å². The number of rotatable bonds is 5. The standard InChI is InChI=1S/C10H18O3/c1-2-3-6-12-8-10-9(11)5-4-7-13-10/h10H,2-8H2,1H3. The molecule has 1 heterocycles. The van der Waals surface area contributed by atoms with E-state index in [-0.39, 0.29) is 11.9 Å². The summed E-state index contributed by atoms with van der Waals surface area (Å²) in [5, 5.41) is 0. The third-order valence-corrected chi connectivity index (χ3v) is 2.16. The Morgan fingerprint density at radius 3 is 3.15 bits per heavy atom. The van der Waals surface area contributed by atoms with Crippen LogP contribution in [0.25, 0.3) is 0 Å². The fourth-order valence-corrected chi connectivity index (χ4v) is 1.30. The van der Waals surface area contributed by atoms with E-state index in [2.05, 4.69) is 6.92 Å². The van der Waals surface area contributed by atoms with Crippen LogP contribution in [0.15, 0.2) is 0 Å². The van der Waals surface area contributed by atoms with Gasteiger partial charge < -0.3 is 9.47 Å². The lowest BCUT2D eigenvalue weighted by molar-refractivity contribution is -0.140. The summed E-state index contributed by atoms with van der Waals surface area (Å²) in [6, 6.07) is 0. The van der Waals surface area contributed by atoms with Gasteiger partial charge in [0.05, 0.1) is 6.61 Å². The smallest absolute Gasteiger partial charge is 0.164 e. The van der Waals surface area contributed by atoms with Crippen molar-refractivity contribution in [2.24, 2.45) is 0 Å². The number of Topliss-reactive ketones (excluding diaryl/α,β-unsaturated/α-hetero) is 1.